The van der Waals surface area contributed by atoms with Gasteiger partial charge in [-0.25, -0.2) is 0 Å². The summed E-state index contributed by atoms with van der Waals surface area (Å²) >= 11 is 0. The number of rotatable bonds is 6. The molecule has 0 fully saturated rings. The number of aryl methyl sites for hydroxylation is 2. The van der Waals surface area contributed by atoms with Crippen LogP contribution in [-0.2, 0) is 6.54 Å². The van der Waals surface area contributed by atoms with E-state index in [2.05, 4.69) is 5.32 Å². The van der Waals surface area contributed by atoms with Gasteiger partial charge in [-0.2, -0.15) is 0 Å². The molecule has 0 heterocycles. The maximum absolute atomic E-state index is 12.4. The van der Waals surface area contributed by atoms with Crippen molar-refractivity contribution in [3.8, 4) is 17.2 Å². The van der Waals surface area contributed by atoms with E-state index in [4.69, 9.17) is 14.2 Å². The largest absolute Gasteiger partial charge is 0.496 e. The first-order chi connectivity index (χ1) is 11.5. The van der Waals surface area contributed by atoms with Crippen molar-refractivity contribution in [3.63, 3.8) is 0 Å². The second-order valence-electron chi connectivity index (χ2n) is 5.50. The van der Waals surface area contributed by atoms with Crippen LogP contribution >= 0.6 is 0 Å². The van der Waals surface area contributed by atoms with Gasteiger partial charge in [0.25, 0.3) is 5.91 Å². The molecule has 128 valence electrons. The number of carbonyl (C=O) groups excluding carboxylic acids is 1. The molecule has 2 aromatic carbocycles. The zero-order valence-corrected chi connectivity index (χ0v) is 14.7. The molecule has 0 saturated carbocycles. The number of amides is 1. The van der Waals surface area contributed by atoms with Crippen LogP contribution in [0.4, 0.5) is 0 Å². The third-order valence-corrected chi connectivity index (χ3v) is 3.98. The van der Waals surface area contributed by atoms with E-state index in [1.807, 2.05) is 26.0 Å². The second kappa shape index (κ2) is 7.73. The van der Waals surface area contributed by atoms with Crippen molar-refractivity contribution in [1.82, 2.24) is 5.32 Å². The lowest BCUT2D eigenvalue weighted by atomic mass is 10.0. The van der Waals surface area contributed by atoms with Gasteiger partial charge in [-0.15, -0.1) is 0 Å². The van der Waals surface area contributed by atoms with Crippen LogP contribution in [0.25, 0.3) is 0 Å². The summed E-state index contributed by atoms with van der Waals surface area (Å²) in [5.74, 6) is 1.70. The number of nitrogens with one attached hydrogen (secondary N) is 1. The van der Waals surface area contributed by atoms with Gasteiger partial charge in [0.1, 0.15) is 5.75 Å². The Morgan fingerprint density at radius 1 is 0.875 bits per heavy atom. The number of ether oxygens (including phenoxy) is 3. The Hall–Kier alpha value is -2.69. The zero-order valence-electron chi connectivity index (χ0n) is 14.7. The molecule has 0 aromatic heterocycles. The quantitative estimate of drug-likeness (QED) is 0.884. The van der Waals surface area contributed by atoms with Gasteiger partial charge in [0, 0.05) is 17.7 Å². The predicted octanol–water partition coefficient (Wildman–Crippen LogP) is 3.26. The highest BCUT2D eigenvalue weighted by Crippen LogP contribution is 2.28. The number of carbonyl (C=O) groups is 1. The molecule has 0 saturated heterocycles. The number of benzene rings is 2. The van der Waals surface area contributed by atoms with Gasteiger partial charge in [-0.1, -0.05) is 6.07 Å². The summed E-state index contributed by atoms with van der Waals surface area (Å²) in [4.78, 5) is 12.4. The summed E-state index contributed by atoms with van der Waals surface area (Å²) in [7, 11) is 4.73. The molecular weight excluding hydrogens is 306 g/mol. The Morgan fingerprint density at radius 3 is 2.12 bits per heavy atom. The fourth-order valence-corrected chi connectivity index (χ4v) is 2.43. The van der Waals surface area contributed by atoms with E-state index >= 15 is 0 Å². The van der Waals surface area contributed by atoms with E-state index in [9.17, 15) is 4.79 Å². The summed E-state index contributed by atoms with van der Waals surface area (Å²) in [5, 5.41) is 2.91. The highest BCUT2D eigenvalue weighted by molar-refractivity contribution is 5.94. The second-order valence-corrected chi connectivity index (χ2v) is 5.50. The minimum Gasteiger partial charge on any atom is -0.496 e. The minimum absolute atomic E-state index is 0.184. The molecule has 0 aliphatic heterocycles. The predicted molar refractivity (Wildman–Crippen MR) is 93.2 cm³/mol. The van der Waals surface area contributed by atoms with Gasteiger partial charge in [-0.05, 0) is 49.2 Å². The minimum atomic E-state index is -0.184. The van der Waals surface area contributed by atoms with E-state index in [1.165, 1.54) is 0 Å². The summed E-state index contributed by atoms with van der Waals surface area (Å²) in [5.41, 5.74) is 3.76. The molecule has 0 radical (unpaired) electrons. The molecule has 0 spiro atoms. The smallest absolute Gasteiger partial charge is 0.251 e. The van der Waals surface area contributed by atoms with Crippen LogP contribution in [0.15, 0.2) is 30.3 Å². The van der Waals surface area contributed by atoms with Crippen LogP contribution in [0.5, 0.6) is 17.2 Å². The highest BCUT2D eigenvalue weighted by Gasteiger charge is 2.12. The Kier molecular flexibility index (Phi) is 5.68. The molecule has 0 aliphatic rings. The van der Waals surface area contributed by atoms with Crippen molar-refractivity contribution in [2.45, 2.75) is 20.4 Å². The van der Waals surface area contributed by atoms with Crippen molar-refractivity contribution in [1.29, 1.82) is 0 Å². The molecule has 0 bridgehead atoms. The highest BCUT2D eigenvalue weighted by atomic mass is 16.5. The van der Waals surface area contributed by atoms with Crippen LogP contribution in [0.1, 0.15) is 27.0 Å². The number of hydrogen-bond acceptors (Lipinski definition) is 4. The third-order valence-electron chi connectivity index (χ3n) is 3.98. The maximum atomic E-state index is 12.4. The summed E-state index contributed by atoms with van der Waals surface area (Å²) in [6.07, 6.45) is 0. The van der Waals surface area contributed by atoms with Crippen molar-refractivity contribution in [3.05, 3.63) is 52.6 Å². The van der Waals surface area contributed by atoms with Crippen LogP contribution in [0.3, 0.4) is 0 Å². The van der Waals surface area contributed by atoms with Crippen molar-refractivity contribution in [2.24, 2.45) is 0 Å². The van der Waals surface area contributed by atoms with E-state index in [0.717, 1.165) is 22.4 Å². The lowest BCUT2D eigenvalue weighted by molar-refractivity contribution is 0.0950. The molecule has 1 amide bonds. The first-order valence-corrected chi connectivity index (χ1v) is 7.64. The molecule has 0 unspecified atom stereocenters. The van der Waals surface area contributed by atoms with Crippen molar-refractivity contribution in [2.75, 3.05) is 21.3 Å². The van der Waals surface area contributed by atoms with Gasteiger partial charge in [0.15, 0.2) is 11.5 Å². The summed E-state index contributed by atoms with van der Waals surface area (Å²) in [6, 6.07) is 9.08. The van der Waals surface area contributed by atoms with E-state index in [0.29, 0.717) is 23.6 Å². The van der Waals surface area contributed by atoms with Crippen molar-refractivity contribution < 1.29 is 19.0 Å². The summed E-state index contributed by atoms with van der Waals surface area (Å²) in [6.45, 7) is 4.45. The lowest BCUT2D eigenvalue weighted by Crippen LogP contribution is -2.23. The normalized spacial score (nSPS) is 10.2. The fourth-order valence-electron chi connectivity index (χ4n) is 2.43. The number of methoxy groups -OCH3 is 3. The Labute approximate surface area is 142 Å². The zero-order chi connectivity index (χ0) is 17.7. The Bertz CT molecular complexity index is 740. The van der Waals surface area contributed by atoms with Crippen LogP contribution < -0.4 is 19.5 Å². The third kappa shape index (κ3) is 3.79. The molecule has 0 aliphatic carbocycles. The van der Waals surface area contributed by atoms with Crippen molar-refractivity contribution >= 4 is 5.91 Å². The molecular formula is C19H23NO4. The molecule has 5 heteroatoms. The van der Waals surface area contributed by atoms with Gasteiger partial charge in [0.2, 0.25) is 0 Å². The first-order valence-electron chi connectivity index (χ1n) is 7.64. The molecule has 2 rings (SSSR count). The van der Waals surface area contributed by atoms with Gasteiger partial charge in [-0.3, -0.25) is 4.79 Å². The fraction of sp³-hybridized carbons (Fsp3) is 0.316. The Morgan fingerprint density at radius 2 is 1.50 bits per heavy atom. The van der Waals surface area contributed by atoms with Gasteiger partial charge >= 0.3 is 0 Å². The van der Waals surface area contributed by atoms with Crippen LogP contribution in [-0.4, -0.2) is 27.2 Å². The average Bonchev–Trinajstić information content (AvgIpc) is 2.61. The average molecular weight is 329 g/mol. The molecule has 5 nitrogen and oxygen atoms in total. The maximum Gasteiger partial charge on any atom is 0.251 e. The summed E-state index contributed by atoms with van der Waals surface area (Å²) < 4.78 is 15.8. The van der Waals surface area contributed by atoms with Gasteiger partial charge < -0.3 is 19.5 Å². The molecule has 0 atom stereocenters. The van der Waals surface area contributed by atoms with Gasteiger partial charge in [0.05, 0.1) is 21.3 Å². The standard InChI is InChI=1S/C19H23NO4/c1-12-8-15(17(23-4)9-13(12)2)11-20-19(21)14-6-7-16(22-3)18(10-14)24-5/h6-10H,11H2,1-5H3,(H,20,21). The Balaban J connectivity index is 2.15. The van der Waals surface area contributed by atoms with E-state index < -0.39 is 0 Å². The number of hydrogen-bond donors (Lipinski definition) is 1. The molecule has 2 aromatic rings. The van der Waals surface area contributed by atoms with Crippen LogP contribution in [0.2, 0.25) is 0 Å². The molecule has 1 N–H and O–H groups in total. The SMILES string of the molecule is COc1cc(C)c(C)cc1CNC(=O)c1ccc(OC)c(OC)c1. The van der Waals surface area contributed by atoms with Crippen LogP contribution in [0, 0.1) is 13.8 Å². The first kappa shape index (κ1) is 17.7. The lowest BCUT2D eigenvalue weighted by Gasteiger charge is -2.13. The topological polar surface area (TPSA) is 56.8 Å². The van der Waals surface area contributed by atoms with E-state index in [1.54, 1.807) is 39.5 Å². The van der Waals surface area contributed by atoms with E-state index in [-0.39, 0.29) is 5.91 Å². The monoisotopic (exact) mass is 329 g/mol. The molecule has 24 heavy (non-hydrogen) atoms.